The van der Waals surface area contributed by atoms with E-state index in [0.29, 0.717) is 18.0 Å². The molecule has 0 radical (unpaired) electrons. The van der Waals surface area contributed by atoms with Crippen molar-refractivity contribution in [1.82, 2.24) is 15.1 Å². The Bertz CT molecular complexity index is 693. The van der Waals surface area contributed by atoms with Gasteiger partial charge in [0.15, 0.2) is 0 Å². The van der Waals surface area contributed by atoms with E-state index in [9.17, 15) is 14.4 Å². The predicted molar refractivity (Wildman–Crippen MR) is 89.3 cm³/mol. The van der Waals surface area contributed by atoms with Crippen molar-refractivity contribution in [2.45, 2.75) is 24.9 Å². The van der Waals surface area contributed by atoms with Crippen LogP contribution < -0.4 is 5.32 Å². The van der Waals surface area contributed by atoms with Gasteiger partial charge in [-0.2, -0.15) is 0 Å². The minimum Gasteiger partial charge on any atom is -0.351 e. The SMILES string of the molecule is CN1C[C@H](NC(=O)[C@H]2CC(=O)N(C)[C@H]2c2cccc(Cl)c2)CC1=O. The number of nitrogens with zero attached hydrogens (tertiary/aromatic N) is 2. The Balaban J connectivity index is 1.78. The molecule has 2 saturated heterocycles. The summed E-state index contributed by atoms with van der Waals surface area (Å²) in [4.78, 5) is 39.7. The topological polar surface area (TPSA) is 69.7 Å². The quantitative estimate of drug-likeness (QED) is 0.891. The monoisotopic (exact) mass is 349 g/mol. The lowest BCUT2D eigenvalue weighted by Crippen LogP contribution is -2.41. The molecule has 2 heterocycles. The van der Waals surface area contributed by atoms with E-state index in [0.717, 1.165) is 5.56 Å². The zero-order valence-electron chi connectivity index (χ0n) is 13.7. The molecule has 3 rings (SSSR count). The second kappa shape index (κ2) is 6.43. The van der Waals surface area contributed by atoms with Crippen LogP contribution in [0.3, 0.4) is 0 Å². The molecule has 2 aliphatic rings. The van der Waals surface area contributed by atoms with Gasteiger partial charge >= 0.3 is 0 Å². The van der Waals surface area contributed by atoms with Gasteiger partial charge in [0.05, 0.1) is 18.0 Å². The molecule has 0 aromatic heterocycles. The van der Waals surface area contributed by atoms with E-state index in [1.807, 2.05) is 12.1 Å². The first-order valence-corrected chi connectivity index (χ1v) is 8.30. The van der Waals surface area contributed by atoms with Crippen LogP contribution in [0.15, 0.2) is 24.3 Å². The summed E-state index contributed by atoms with van der Waals surface area (Å²) < 4.78 is 0. The van der Waals surface area contributed by atoms with Crippen molar-refractivity contribution in [2.24, 2.45) is 5.92 Å². The molecule has 24 heavy (non-hydrogen) atoms. The molecule has 0 saturated carbocycles. The average molecular weight is 350 g/mol. The van der Waals surface area contributed by atoms with Crippen molar-refractivity contribution >= 4 is 29.3 Å². The predicted octanol–water partition coefficient (Wildman–Crippen LogP) is 1.21. The molecule has 1 N–H and O–H groups in total. The third kappa shape index (κ3) is 3.11. The fourth-order valence-electron chi connectivity index (χ4n) is 3.52. The highest BCUT2D eigenvalue weighted by Gasteiger charge is 2.43. The van der Waals surface area contributed by atoms with Crippen LogP contribution in [0.25, 0.3) is 0 Å². The van der Waals surface area contributed by atoms with Gasteiger partial charge in [0.25, 0.3) is 0 Å². The summed E-state index contributed by atoms with van der Waals surface area (Å²) in [6.07, 6.45) is 0.469. The lowest BCUT2D eigenvalue weighted by molar-refractivity contribution is -0.128. The molecule has 2 aliphatic heterocycles. The summed E-state index contributed by atoms with van der Waals surface area (Å²) in [5.41, 5.74) is 0.843. The Morgan fingerprint density at radius 3 is 2.58 bits per heavy atom. The maximum absolute atomic E-state index is 12.7. The van der Waals surface area contributed by atoms with Gasteiger partial charge in [-0.3, -0.25) is 14.4 Å². The molecule has 2 fully saturated rings. The van der Waals surface area contributed by atoms with E-state index in [-0.39, 0.29) is 36.2 Å². The van der Waals surface area contributed by atoms with Crippen molar-refractivity contribution in [1.29, 1.82) is 0 Å². The van der Waals surface area contributed by atoms with Crippen molar-refractivity contribution in [3.63, 3.8) is 0 Å². The molecule has 7 heteroatoms. The summed E-state index contributed by atoms with van der Waals surface area (Å²) in [6.45, 7) is 0.503. The summed E-state index contributed by atoms with van der Waals surface area (Å²) >= 11 is 6.06. The van der Waals surface area contributed by atoms with Gasteiger partial charge in [-0.15, -0.1) is 0 Å². The third-order valence-electron chi connectivity index (χ3n) is 4.80. The van der Waals surface area contributed by atoms with Crippen LogP contribution in [0.5, 0.6) is 0 Å². The number of likely N-dealkylation sites (tertiary alicyclic amines) is 2. The number of likely N-dealkylation sites (N-methyl/N-ethyl adjacent to an activating group) is 1. The molecule has 3 atom stereocenters. The normalized spacial score (nSPS) is 27.0. The van der Waals surface area contributed by atoms with Gasteiger partial charge in [-0.05, 0) is 17.7 Å². The van der Waals surface area contributed by atoms with Crippen LogP contribution in [-0.2, 0) is 14.4 Å². The van der Waals surface area contributed by atoms with Crippen LogP contribution in [-0.4, -0.2) is 54.2 Å². The fraction of sp³-hybridized carbons (Fsp3) is 0.471. The molecule has 128 valence electrons. The molecule has 0 unspecified atom stereocenters. The van der Waals surface area contributed by atoms with Gasteiger partial charge in [0, 0.05) is 38.5 Å². The molecule has 0 aliphatic carbocycles. The minimum absolute atomic E-state index is 0.0197. The van der Waals surface area contributed by atoms with Gasteiger partial charge in [-0.25, -0.2) is 0 Å². The van der Waals surface area contributed by atoms with Gasteiger partial charge < -0.3 is 15.1 Å². The highest BCUT2D eigenvalue weighted by Crippen LogP contribution is 2.38. The number of amides is 3. The maximum Gasteiger partial charge on any atom is 0.226 e. The summed E-state index contributed by atoms with van der Waals surface area (Å²) in [6, 6.07) is 6.69. The summed E-state index contributed by atoms with van der Waals surface area (Å²) in [5, 5.41) is 3.50. The fourth-order valence-corrected chi connectivity index (χ4v) is 3.72. The van der Waals surface area contributed by atoms with Crippen LogP contribution >= 0.6 is 11.6 Å². The molecule has 6 nitrogen and oxygen atoms in total. The molecular weight excluding hydrogens is 330 g/mol. The number of hydrogen-bond donors (Lipinski definition) is 1. The number of rotatable bonds is 3. The number of hydrogen-bond acceptors (Lipinski definition) is 3. The average Bonchev–Trinajstić information content (AvgIpc) is 2.99. The van der Waals surface area contributed by atoms with E-state index in [2.05, 4.69) is 5.32 Å². The van der Waals surface area contributed by atoms with Crippen LogP contribution in [0, 0.1) is 5.92 Å². The van der Waals surface area contributed by atoms with E-state index in [1.54, 1.807) is 36.0 Å². The summed E-state index contributed by atoms with van der Waals surface area (Å²) in [5.74, 6) is -0.723. The van der Waals surface area contributed by atoms with Crippen molar-refractivity contribution in [2.75, 3.05) is 20.6 Å². The number of carbonyl (C=O) groups is 3. The Kier molecular flexibility index (Phi) is 4.49. The molecule has 1 aromatic rings. The second-order valence-electron chi connectivity index (χ2n) is 6.50. The lowest BCUT2D eigenvalue weighted by atomic mass is 9.92. The minimum atomic E-state index is -0.484. The van der Waals surface area contributed by atoms with Gasteiger partial charge in [0.1, 0.15) is 0 Å². The maximum atomic E-state index is 12.7. The number of carbonyl (C=O) groups excluding carboxylic acids is 3. The first-order valence-electron chi connectivity index (χ1n) is 7.92. The third-order valence-corrected chi connectivity index (χ3v) is 5.04. The highest BCUT2D eigenvalue weighted by molar-refractivity contribution is 6.30. The largest absolute Gasteiger partial charge is 0.351 e. The zero-order chi connectivity index (χ0) is 17.4. The zero-order valence-corrected chi connectivity index (χ0v) is 14.4. The summed E-state index contributed by atoms with van der Waals surface area (Å²) in [7, 11) is 3.42. The Morgan fingerprint density at radius 2 is 1.96 bits per heavy atom. The molecular formula is C17H20ClN3O3. The Labute approximate surface area is 145 Å². The van der Waals surface area contributed by atoms with E-state index in [4.69, 9.17) is 11.6 Å². The molecule has 0 bridgehead atoms. The number of halogens is 1. The first kappa shape index (κ1) is 16.8. The van der Waals surface area contributed by atoms with E-state index in [1.165, 1.54) is 0 Å². The molecule has 0 spiro atoms. The number of nitrogens with one attached hydrogen (secondary N) is 1. The van der Waals surface area contributed by atoms with Crippen LogP contribution in [0.1, 0.15) is 24.4 Å². The Morgan fingerprint density at radius 1 is 1.21 bits per heavy atom. The smallest absolute Gasteiger partial charge is 0.226 e. The highest BCUT2D eigenvalue weighted by atomic mass is 35.5. The van der Waals surface area contributed by atoms with Crippen LogP contribution in [0.2, 0.25) is 5.02 Å². The second-order valence-corrected chi connectivity index (χ2v) is 6.94. The van der Waals surface area contributed by atoms with Crippen molar-refractivity contribution in [3.05, 3.63) is 34.9 Å². The molecule has 3 amide bonds. The Hall–Kier alpha value is -2.08. The van der Waals surface area contributed by atoms with E-state index < -0.39 is 5.92 Å². The first-order chi connectivity index (χ1) is 11.4. The lowest BCUT2D eigenvalue weighted by Gasteiger charge is -2.26. The molecule has 1 aromatic carbocycles. The standard InChI is InChI=1S/C17H20ClN3O3/c1-20-9-12(7-14(20)22)19-17(24)13-8-15(23)21(2)16(13)10-4-3-5-11(18)6-10/h3-6,12-13,16H,7-9H2,1-2H3,(H,19,24)/t12-,13+,16+/m1/s1. The van der Waals surface area contributed by atoms with Gasteiger partial charge in [0.2, 0.25) is 17.7 Å². The number of benzene rings is 1. The van der Waals surface area contributed by atoms with Crippen molar-refractivity contribution in [3.8, 4) is 0 Å². The van der Waals surface area contributed by atoms with Crippen LogP contribution in [0.4, 0.5) is 0 Å². The van der Waals surface area contributed by atoms with Gasteiger partial charge in [-0.1, -0.05) is 23.7 Å². The van der Waals surface area contributed by atoms with E-state index >= 15 is 0 Å². The van der Waals surface area contributed by atoms with Crippen molar-refractivity contribution < 1.29 is 14.4 Å².